The smallest absolute Gasteiger partial charge is 0.257 e. The Bertz CT molecular complexity index is 1080. The minimum absolute atomic E-state index is 0.0945. The molecule has 0 atom stereocenters. The summed E-state index contributed by atoms with van der Waals surface area (Å²) >= 11 is 0. The van der Waals surface area contributed by atoms with E-state index in [-0.39, 0.29) is 5.91 Å². The molecule has 2 heterocycles. The molecule has 2 fully saturated rings. The Hall–Kier alpha value is -2.66. The lowest BCUT2D eigenvalue weighted by Crippen LogP contribution is -2.29. The molecule has 1 aromatic heterocycles. The Labute approximate surface area is 197 Å². The van der Waals surface area contributed by atoms with Crippen LogP contribution in [0.2, 0.25) is 0 Å². The molecular weight excluding hydrogens is 408 g/mol. The average Bonchev–Trinajstić information content (AvgIpc) is 3.22. The molecule has 0 unspecified atom stereocenters. The monoisotopic (exact) mass is 444 g/mol. The van der Waals surface area contributed by atoms with E-state index in [0.717, 1.165) is 36.3 Å². The summed E-state index contributed by atoms with van der Waals surface area (Å²) in [6.45, 7) is 5.68. The Balaban J connectivity index is 1.47. The molecule has 1 saturated carbocycles. The van der Waals surface area contributed by atoms with Crippen molar-refractivity contribution in [2.75, 3.05) is 18.4 Å². The van der Waals surface area contributed by atoms with Crippen molar-refractivity contribution in [3.8, 4) is 0 Å². The molecule has 0 spiro atoms. The van der Waals surface area contributed by atoms with Crippen molar-refractivity contribution in [3.63, 3.8) is 0 Å². The van der Waals surface area contributed by atoms with E-state index in [9.17, 15) is 4.79 Å². The molecule has 0 bridgehead atoms. The summed E-state index contributed by atoms with van der Waals surface area (Å²) in [5.41, 5.74) is 4.14. The number of imidazole rings is 1. The van der Waals surface area contributed by atoms with E-state index in [1.807, 2.05) is 30.3 Å². The lowest BCUT2D eigenvalue weighted by Gasteiger charge is -2.30. The van der Waals surface area contributed by atoms with Crippen molar-refractivity contribution < 1.29 is 4.79 Å². The van der Waals surface area contributed by atoms with Crippen molar-refractivity contribution >= 4 is 22.9 Å². The quantitative estimate of drug-likeness (QED) is 0.477. The minimum Gasteiger partial charge on any atom is -0.307 e. The van der Waals surface area contributed by atoms with Gasteiger partial charge in [-0.1, -0.05) is 44.0 Å². The summed E-state index contributed by atoms with van der Waals surface area (Å²) in [5, 5.41) is 3.14. The van der Waals surface area contributed by atoms with Crippen LogP contribution in [0.15, 0.2) is 48.5 Å². The van der Waals surface area contributed by atoms with Crippen LogP contribution in [0.5, 0.6) is 0 Å². The molecule has 2 aliphatic rings. The highest BCUT2D eigenvalue weighted by atomic mass is 16.1. The number of hydrogen-bond donors (Lipinski definition) is 1. The SMILES string of the molecule is CCC1CCC(n2c(NC(=O)c3ccccc3)nc3ccc(CN4CCCCC4)cc32)CC1. The Morgan fingerprint density at radius 1 is 1.00 bits per heavy atom. The third-order valence-electron chi connectivity index (χ3n) is 7.63. The second-order valence-corrected chi connectivity index (χ2v) is 9.87. The van der Waals surface area contributed by atoms with Crippen molar-refractivity contribution in [1.29, 1.82) is 0 Å². The first-order chi connectivity index (χ1) is 16.2. The lowest BCUT2D eigenvalue weighted by molar-refractivity contribution is 0.102. The molecule has 1 amide bonds. The fraction of sp³-hybridized carbons (Fsp3) is 0.500. The van der Waals surface area contributed by atoms with E-state index in [1.54, 1.807) is 0 Å². The highest BCUT2D eigenvalue weighted by Gasteiger charge is 2.26. The lowest BCUT2D eigenvalue weighted by atomic mass is 9.84. The summed E-state index contributed by atoms with van der Waals surface area (Å²) in [4.78, 5) is 20.4. The fourth-order valence-corrected chi connectivity index (χ4v) is 5.64. The largest absolute Gasteiger partial charge is 0.307 e. The number of rotatable bonds is 6. The summed E-state index contributed by atoms with van der Waals surface area (Å²) in [6, 6.07) is 16.5. The van der Waals surface area contributed by atoms with Crippen LogP contribution < -0.4 is 5.32 Å². The summed E-state index contributed by atoms with van der Waals surface area (Å²) in [6.07, 6.45) is 10.0. The van der Waals surface area contributed by atoms with Gasteiger partial charge in [0, 0.05) is 18.2 Å². The van der Waals surface area contributed by atoms with Crippen LogP contribution in [0.3, 0.4) is 0 Å². The molecule has 1 aliphatic carbocycles. The Kier molecular flexibility index (Phi) is 6.77. The molecule has 1 saturated heterocycles. The van der Waals surface area contributed by atoms with Crippen LogP contribution in [0.4, 0.5) is 5.95 Å². The van der Waals surface area contributed by atoms with E-state index < -0.39 is 0 Å². The van der Waals surface area contributed by atoms with Gasteiger partial charge in [0.25, 0.3) is 5.91 Å². The zero-order valence-corrected chi connectivity index (χ0v) is 19.8. The molecule has 2 aromatic carbocycles. The average molecular weight is 445 g/mol. The van der Waals surface area contributed by atoms with Crippen molar-refractivity contribution in [1.82, 2.24) is 14.5 Å². The number of likely N-dealkylation sites (tertiary alicyclic amines) is 1. The number of carbonyl (C=O) groups excluding carboxylic acids is 1. The first-order valence-corrected chi connectivity index (χ1v) is 12.8. The molecule has 1 N–H and O–H groups in total. The number of hydrogen-bond acceptors (Lipinski definition) is 3. The number of carbonyl (C=O) groups is 1. The molecule has 33 heavy (non-hydrogen) atoms. The van der Waals surface area contributed by atoms with E-state index >= 15 is 0 Å². The van der Waals surface area contributed by atoms with Gasteiger partial charge in [-0.25, -0.2) is 4.98 Å². The van der Waals surface area contributed by atoms with Crippen molar-refractivity contribution in [2.24, 2.45) is 5.92 Å². The number of piperidine rings is 1. The van der Waals surface area contributed by atoms with Crippen molar-refractivity contribution in [3.05, 3.63) is 59.7 Å². The standard InChI is InChI=1S/C28H36N4O/c1-2-21-11-14-24(15-12-21)32-26-19-22(20-31-17-7-4-8-18-31)13-16-25(26)29-28(32)30-27(33)23-9-5-3-6-10-23/h3,5-6,9-10,13,16,19,21,24H,2,4,7-8,11-12,14-15,17-18,20H2,1H3,(H,29,30,33). The van der Waals surface area contributed by atoms with Crippen molar-refractivity contribution in [2.45, 2.75) is 70.9 Å². The normalized spacial score (nSPS) is 21.8. The number of benzene rings is 2. The maximum Gasteiger partial charge on any atom is 0.257 e. The summed E-state index contributed by atoms with van der Waals surface area (Å²) < 4.78 is 2.34. The predicted molar refractivity (Wildman–Crippen MR) is 135 cm³/mol. The molecule has 5 nitrogen and oxygen atoms in total. The molecule has 3 aromatic rings. The summed E-state index contributed by atoms with van der Waals surface area (Å²) in [5.74, 6) is 1.42. The van der Waals surface area contributed by atoms with E-state index in [4.69, 9.17) is 4.98 Å². The van der Waals surface area contributed by atoms with Gasteiger partial charge in [-0.2, -0.15) is 0 Å². The molecular formula is C28H36N4O. The van der Waals surface area contributed by atoms with E-state index in [2.05, 4.69) is 39.9 Å². The van der Waals surface area contributed by atoms with Gasteiger partial charge in [-0.05, 0) is 87.4 Å². The Morgan fingerprint density at radius 3 is 2.48 bits per heavy atom. The third kappa shape index (κ3) is 4.98. The number of aromatic nitrogens is 2. The van der Waals surface area contributed by atoms with Crippen LogP contribution in [0.1, 0.15) is 80.3 Å². The molecule has 5 rings (SSSR count). The van der Waals surface area contributed by atoms with Crippen LogP contribution >= 0.6 is 0 Å². The first-order valence-electron chi connectivity index (χ1n) is 12.8. The van der Waals surface area contributed by atoms with Gasteiger partial charge in [-0.15, -0.1) is 0 Å². The highest BCUT2D eigenvalue weighted by Crippen LogP contribution is 2.38. The van der Waals surface area contributed by atoms with Crippen LogP contribution in [-0.2, 0) is 6.54 Å². The van der Waals surface area contributed by atoms with Gasteiger partial charge in [-0.3, -0.25) is 15.0 Å². The predicted octanol–water partition coefficient (Wildman–Crippen LogP) is 6.42. The second-order valence-electron chi connectivity index (χ2n) is 9.87. The van der Waals surface area contributed by atoms with Crippen LogP contribution in [0.25, 0.3) is 11.0 Å². The molecule has 5 heteroatoms. The van der Waals surface area contributed by atoms with Crippen LogP contribution in [-0.4, -0.2) is 33.4 Å². The zero-order valence-electron chi connectivity index (χ0n) is 19.8. The van der Waals surface area contributed by atoms with Gasteiger partial charge >= 0.3 is 0 Å². The number of anilines is 1. The van der Waals surface area contributed by atoms with Gasteiger partial charge in [0.15, 0.2) is 0 Å². The van der Waals surface area contributed by atoms with E-state index in [1.165, 1.54) is 57.2 Å². The second kappa shape index (κ2) is 10.1. The topological polar surface area (TPSA) is 50.2 Å². The maximum atomic E-state index is 13.0. The van der Waals surface area contributed by atoms with Gasteiger partial charge < -0.3 is 4.57 Å². The number of nitrogens with one attached hydrogen (secondary N) is 1. The minimum atomic E-state index is -0.0945. The molecule has 0 radical (unpaired) electrons. The summed E-state index contributed by atoms with van der Waals surface area (Å²) in [7, 11) is 0. The van der Waals surface area contributed by atoms with Gasteiger partial charge in [0.1, 0.15) is 0 Å². The first kappa shape index (κ1) is 22.1. The van der Waals surface area contributed by atoms with Gasteiger partial charge in [0.05, 0.1) is 11.0 Å². The molecule has 1 aliphatic heterocycles. The number of amides is 1. The highest BCUT2D eigenvalue weighted by molar-refractivity contribution is 6.04. The number of nitrogens with zero attached hydrogens (tertiary/aromatic N) is 3. The maximum absolute atomic E-state index is 13.0. The zero-order chi connectivity index (χ0) is 22.6. The fourth-order valence-electron chi connectivity index (χ4n) is 5.64. The third-order valence-corrected chi connectivity index (χ3v) is 7.63. The van der Waals surface area contributed by atoms with Crippen LogP contribution in [0, 0.1) is 5.92 Å². The van der Waals surface area contributed by atoms with E-state index in [0.29, 0.717) is 17.6 Å². The molecule has 174 valence electrons. The number of fused-ring (bicyclic) bond motifs is 1. The van der Waals surface area contributed by atoms with Gasteiger partial charge in [0.2, 0.25) is 5.95 Å². The Morgan fingerprint density at radius 2 is 1.76 bits per heavy atom.